The lowest BCUT2D eigenvalue weighted by molar-refractivity contribution is -0.115. The van der Waals surface area contributed by atoms with Crippen molar-refractivity contribution >= 4 is 40.1 Å². The number of carbonyl (C=O) groups excluding carboxylic acids is 1. The first-order chi connectivity index (χ1) is 14.2. The molecule has 144 valence electrons. The summed E-state index contributed by atoms with van der Waals surface area (Å²) in [5, 5.41) is 14.2. The SMILES string of the molecule is N#CCCN(Cc1ccccc1)C(=S)NC(=O)/C=C/c1cccc2ccccc12. The lowest BCUT2D eigenvalue weighted by atomic mass is 10.0. The number of nitrogens with zero attached hydrogens (tertiary/aromatic N) is 2. The van der Waals surface area contributed by atoms with Crippen molar-refractivity contribution in [1.82, 2.24) is 10.2 Å². The summed E-state index contributed by atoms with van der Waals surface area (Å²) in [7, 11) is 0. The molecule has 1 N–H and O–H groups in total. The van der Waals surface area contributed by atoms with Gasteiger partial charge < -0.3 is 4.90 Å². The van der Waals surface area contributed by atoms with Crippen LogP contribution in [0.5, 0.6) is 0 Å². The van der Waals surface area contributed by atoms with Crippen LogP contribution in [0.25, 0.3) is 16.8 Å². The van der Waals surface area contributed by atoms with E-state index in [0.717, 1.165) is 21.9 Å². The molecule has 0 aliphatic rings. The van der Waals surface area contributed by atoms with Gasteiger partial charge in [0.2, 0.25) is 5.91 Å². The number of hydrogen-bond donors (Lipinski definition) is 1. The summed E-state index contributed by atoms with van der Waals surface area (Å²) in [6.45, 7) is 0.992. The minimum absolute atomic E-state index is 0.294. The van der Waals surface area contributed by atoms with E-state index in [1.165, 1.54) is 6.08 Å². The molecule has 29 heavy (non-hydrogen) atoms. The van der Waals surface area contributed by atoms with Crippen molar-refractivity contribution in [2.24, 2.45) is 0 Å². The zero-order valence-corrected chi connectivity index (χ0v) is 16.7. The van der Waals surface area contributed by atoms with Crippen LogP contribution in [0.4, 0.5) is 0 Å². The predicted octanol–water partition coefficient (Wildman–Crippen LogP) is 4.67. The number of amides is 1. The number of nitrogens with one attached hydrogen (secondary N) is 1. The summed E-state index contributed by atoms with van der Waals surface area (Å²) in [5.74, 6) is -0.294. The van der Waals surface area contributed by atoms with Crippen LogP contribution in [-0.4, -0.2) is 22.5 Å². The van der Waals surface area contributed by atoms with Crippen LogP contribution in [-0.2, 0) is 11.3 Å². The number of fused-ring (bicyclic) bond motifs is 1. The molecule has 0 bridgehead atoms. The quantitative estimate of drug-likeness (QED) is 0.483. The lowest BCUT2D eigenvalue weighted by Crippen LogP contribution is -2.42. The molecule has 1 amide bonds. The molecule has 0 fully saturated rings. The number of carbonyl (C=O) groups is 1. The monoisotopic (exact) mass is 399 g/mol. The van der Waals surface area contributed by atoms with Gasteiger partial charge in [0, 0.05) is 19.2 Å². The highest BCUT2D eigenvalue weighted by atomic mass is 32.1. The molecule has 0 saturated carbocycles. The Hall–Kier alpha value is -3.49. The summed E-state index contributed by atoms with van der Waals surface area (Å²) < 4.78 is 0. The van der Waals surface area contributed by atoms with E-state index in [1.807, 2.05) is 77.7 Å². The average molecular weight is 400 g/mol. The molecule has 4 nitrogen and oxygen atoms in total. The maximum absolute atomic E-state index is 12.4. The van der Waals surface area contributed by atoms with E-state index < -0.39 is 0 Å². The standard InChI is InChI=1S/C24H21N3OS/c25-16-7-17-27(18-19-8-2-1-3-9-19)24(29)26-23(28)15-14-21-12-6-11-20-10-4-5-13-22(20)21/h1-6,8-15H,7,17-18H2,(H,26,28,29)/b15-14+. The van der Waals surface area contributed by atoms with E-state index in [-0.39, 0.29) is 5.91 Å². The number of hydrogen-bond acceptors (Lipinski definition) is 3. The first-order valence-corrected chi connectivity index (χ1v) is 9.75. The third-order valence-electron chi connectivity index (χ3n) is 4.46. The second kappa shape index (κ2) is 10.2. The lowest BCUT2D eigenvalue weighted by Gasteiger charge is -2.24. The minimum atomic E-state index is -0.294. The largest absolute Gasteiger partial charge is 0.344 e. The summed E-state index contributed by atoms with van der Waals surface area (Å²) in [6.07, 6.45) is 3.60. The van der Waals surface area contributed by atoms with Crippen molar-refractivity contribution in [3.8, 4) is 6.07 Å². The maximum Gasteiger partial charge on any atom is 0.250 e. The average Bonchev–Trinajstić information content (AvgIpc) is 2.75. The third-order valence-corrected chi connectivity index (χ3v) is 4.83. The molecule has 0 aromatic heterocycles. The Kier molecular flexibility index (Phi) is 7.10. The number of benzene rings is 3. The topological polar surface area (TPSA) is 56.1 Å². The van der Waals surface area contributed by atoms with Gasteiger partial charge in [-0.1, -0.05) is 72.8 Å². The molecule has 0 aliphatic carbocycles. The zero-order chi connectivity index (χ0) is 20.5. The van der Waals surface area contributed by atoms with E-state index in [1.54, 1.807) is 6.08 Å². The van der Waals surface area contributed by atoms with Gasteiger partial charge in [-0.3, -0.25) is 10.1 Å². The van der Waals surface area contributed by atoms with Crippen molar-refractivity contribution in [2.75, 3.05) is 6.54 Å². The number of thiocarbonyl (C=S) groups is 1. The van der Waals surface area contributed by atoms with E-state index in [0.29, 0.717) is 24.6 Å². The van der Waals surface area contributed by atoms with Crippen molar-refractivity contribution in [3.05, 3.63) is 90.0 Å². The van der Waals surface area contributed by atoms with E-state index in [4.69, 9.17) is 17.5 Å². The Morgan fingerprint density at radius 3 is 2.55 bits per heavy atom. The van der Waals surface area contributed by atoms with Crippen molar-refractivity contribution in [3.63, 3.8) is 0 Å². The van der Waals surface area contributed by atoms with Gasteiger partial charge in [0.15, 0.2) is 5.11 Å². The van der Waals surface area contributed by atoms with Gasteiger partial charge in [-0.05, 0) is 40.2 Å². The van der Waals surface area contributed by atoms with Gasteiger partial charge in [-0.2, -0.15) is 5.26 Å². The molecule has 3 aromatic rings. The molecular weight excluding hydrogens is 378 g/mol. The fourth-order valence-corrected chi connectivity index (χ4v) is 3.28. The Balaban J connectivity index is 1.67. The van der Waals surface area contributed by atoms with E-state index in [2.05, 4.69) is 11.4 Å². The van der Waals surface area contributed by atoms with Crippen LogP contribution in [0.15, 0.2) is 78.9 Å². The van der Waals surface area contributed by atoms with Gasteiger partial charge in [0.1, 0.15) is 0 Å². The first-order valence-electron chi connectivity index (χ1n) is 9.34. The minimum Gasteiger partial charge on any atom is -0.344 e. The van der Waals surface area contributed by atoms with Gasteiger partial charge in [-0.25, -0.2) is 0 Å². The summed E-state index contributed by atoms with van der Waals surface area (Å²) in [5.41, 5.74) is 2.03. The van der Waals surface area contributed by atoms with Crippen molar-refractivity contribution in [1.29, 1.82) is 5.26 Å². The van der Waals surface area contributed by atoms with E-state index in [9.17, 15) is 4.79 Å². The van der Waals surface area contributed by atoms with Crippen LogP contribution < -0.4 is 5.32 Å². The molecule has 3 aromatic carbocycles. The Morgan fingerprint density at radius 1 is 1.03 bits per heavy atom. The molecular formula is C24H21N3OS. The summed E-state index contributed by atoms with van der Waals surface area (Å²) >= 11 is 5.42. The zero-order valence-electron chi connectivity index (χ0n) is 15.9. The molecule has 0 atom stereocenters. The highest BCUT2D eigenvalue weighted by Crippen LogP contribution is 2.19. The third kappa shape index (κ3) is 5.74. The molecule has 0 saturated heterocycles. The molecule has 3 rings (SSSR count). The van der Waals surface area contributed by atoms with Crippen LogP contribution in [0.1, 0.15) is 17.5 Å². The molecule has 0 spiro atoms. The van der Waals surface area contributed by atoms with Gasteiger partial charge >= 0.3 is 0 Å². The molecule has 0 heterocycles. The second-order valence-electron chi connectivity index (χ2n) is 6.51. The Bertz CT molecular complexity index is 1060. The van der Waals surface area contributed by atoms with Crippen LogP contribution in [0.2, 0.25) is 0 Å². The summed E-state index contributed by atoms with van der Waals surface area (Å²) in [6, 6.07) is 26.0. The molecule has 5 heteroatoms. The fourth-order valence-electron chi connectivity index (χ4n) is 3.03. The summed E-state index contributed by atoms with van der Waals surface area (Å²) in [4.78, 5) is 14.2. The Morgan fingerprint density at radius 2 is 1.76 bits per heavy atom. The Labute approximate surface area is 176 Å². The first kappa shape index (κ1) is 20.2. The number of nitriles is 1. The molecule has 0 radical (unpaired) electrons. The fraction of sp³-hybridized carbons (Fsp3) is 0.125. The van der Waals surface area contributed by atoms with Crippen LogP contribution in [0, 0.1) is 11.3 Å². The van der Waals surface area contributed by atoms with Crippen LogP contribution >= 0.6 is 12.2 Å². The smallest absolute Gasteiger partial charge is 0.250 e. The van der Waals surface area contributed by atoms with Crippen molar-refractivity contribution < 1.29 is 4.79 Å². The predicted molar refractivity (Wildman–Crippen MR) is 121 cm³/mol. The maximum atomic E-state index is 12.4. The van der Waals surface area contributed by atoms with Gasteiger partial charge in [-0.15, -0.1) is 0 Å². The normalized spacial score (nSPS) is 10.6. The molecule has 0 aliphatic heterocycles. The highest BCUT2D eigenvalue weighted by Gasteiger charge is 2.12. The highest BCUT2D eigenvalue weighted by molar-refractivity contribution is 7.80. The van der Waals surface area contributed by atoms with Gasteiger partial charge in [0.25, 0.3) is 0 Å². The van der Waals surface area contributed by atoms with Crippen molar-refractivity contribution in [2.45, 2.75) is 13.0 Å². The number of rotatable bonds is 6. The van der Waals surface area contributed by atoms with Crippen LogP contribution in [0.3, 0.4) is 0 Å². The second-order valence-corrected chi connectivity index (χ2v) is 6.90. The molecule has 0 unspecified atom stereocenters. The van der Waals surface area contributed by atoms with E-state index >= 15 is 0 Å². The van der Waals surface area contributed by atoms with Gasteiger partial charge in [0.05, 0.1) is 12.5 Å².